The molecule has 0 saturated heterocycles. The maximum Gasteiger partial charge on any atom is 0.245 e. The number of rotatable bonds is 6. The van der Waals surface area contributed by atoms with Crippen molar-refractivity contribution in [1.82, 2.24) is 25.2 Å². The van der Waals surface area contributed by atoms with Gasteiger partial charge in [-0.05, 0) is 24.3 Å². The van der Waals surface area contributed by atoms with Crippen LogP contribution < -0.4 is 5.32 Å². The average molecular weight is 367 g/mol. The number of fused-ring (bicyclic) bond motifs is 1. The second kappa shape index (κ2) is 7.90. The summed E-state index contributed by atoms with van der Waals surface area (Å²) in [5, 5.41) is 11.3. The molecule has 1 aromatic carbocycles. The number of nitrogens with one attached hydrogen (secondary N) is 1. The third-order valence-electron chi connectivity index (χ3n) is 5.51. The number of amides is 2. The van der Waals surface area contributed by atoms with Gasteiger partial charge in [0.15, 0.2) is 0 Å². The van der Waals surface area contributed by atoms with Crippen LogP contribution >= 0.6 is 0 Å². The van der Waals surface area contributed by atoms with E-state index in [9.17, 15) is 9.59 Å². The summed E-state index contributed by atoms with van der Waals surface area (Å²) in [4.78, 5) is 26.4. The first-order valence-electron chi connectivity index (χ1n) is 9.68. The molecule has 1 aromatic heterocycles. The van der Waals surface area contributed by atoms with E-state index in [0.29, 0.717) is 32.0 Å². The first-order valence-corrected chi connectivity index (χ1v) is 9.68. The van der Waals surface area contributed by atoms with Crippen molar-refractivity contribution in [1.29, 1.82) is 0 Å². The largest absolute Gasteiger partial charge is 0.350 e. The lowest BCUT2D eigenvalue weighted by Gasteiger charge is -2.27. The van der Waals surface area contributed by atoms with E-state index in [1.807, 2.05) is 35.2 Å². The summed E-state index contributed by atoms with van der Waals surface area (Å²) in [5.41, 5.74) is 2.75. The summed E-state index contributed by atoms with van der Waals surface area (Å²) in [7, 11) is 0. The SMILES string of the molecule is O=C(CC1CCCC1)NCc1nnn2c1CN(Cc1ccccc1)C(=O)C2. The van der Waals surface area contributed by atoms with Crippen molar-refractivity contribution in [3.05, 3.63) is 47.3 Å². The van der Waals surface area contributed by atoms with Crippen LogP contribution in [0.15, 0.2) is 30.3 Å². The summed E-state index contributed by atoms with van der Waals surface area (Å²) in [6.07, 6.45) is 5.39. The first-order chi connectivity index (χ1) is 13.2. The van der Waals surface area contributed by atoms with Gasteiger partial charge in [0.05, 0.1) is 18.8 Å². The number of benzene rings is 1. The molecule has 7 nitrogen and oxygen atoms in total. The Morgan fingerprint density at radius 1 is 1.15 bits per heavy atom. The van der Waals surface area contributed by atoms with Gasteiger partial charge >= 0.3 is 0 Å². The van der Waals surface area contributed by atoms with Gasteiger partial charge in [0, 0.05) is 13.0 Å². The van der Waals surface area contributed by atoms with Crippen LogP contribution in [0.25, 0.3) is 0 Å². The van der Waals surface area contributed by atoms with Crippen molar-refractivity contribution in [2.75, 3.05) is 0 Å². The fourth-order valence-corrected chi connectivity index (χ4v) is 3.98. The summed E-state index contributed by atoms with van der Waals surface area (Å²) >= 11 is 0. The van der Waals surface area contributed by atoms with Gasteiger partial charge in [-0.1, -0.05) is 48.4 Å². The van der Waals surface area contributed by atoms with Crippen LogP contribution in [-0.4, -0.2) is 31.7 Å². The van der Waals surface area contributed by atoms with Crippen molar-refractivity contribution in [2.45, 2.75) is 58.3 Å². The topological polar surface area (TPSA) is 80.1 Å². The third kappa shape index (κ3) is 4.18. The molecule has 0 spiro atoms. The van der Waals surface area contributed by atoms with E-state index in [1.165, 1.54) is 12.8 Å². The summed E-state index contributed by atoms with van der Waals surface area (Å²) in [6.45, 7) is 1.60. The molecule has 0 atom stereocenters. The second-order valence-electron chi connectivity index (χ2n) is 7.51. The standard InChI is InChI=1S/C20H25N5O2/c26-19(10-15-6-4-5-7-15)21-11-17-18-13-24(12-16-8-2-1-3-9-16)20(27)14-25(18)23-22-17/h1-3,8-9,15H,4-7,10-14H2,(H,21,26). The molecule has 2 aliphatic rings. The molecule has 2 heterocycles. The van der Waals surface area contributed by atoms with Crippen LogP contribution in [-0.2, 0) is 35.8 Å². The van der Waals surface area contributed by atoms with Gasteiger partial charge in [-0.15, -0.1) is 5.10 Å². The van der Waals surface area contributed by atoms with Crippen molar-refractivity contribution in [3.63, 3.8) is 0 Å². The van der Waals surface area contributed by atoms with Gasteiger partial charge < -0.3 is 10.2 Å². The molecule has 1 fully saturated rings. The highest BCUT2D eigenvalue weighted by atomic mass is 16.2. The Bertz CT molecular complexity index is 811. The molecule has 1 aliphatic carbocycles. The van der Waals surface area contributed by atoms with Crippen LogP contribution in [0.3, 0.4) is 0 Å². The molecule has 27 heavy (non-hydrogen) atoms. The summed E-state index contributed by atoms with van der Waals surface area (Å²) < 4.78 is 1.66. The number of carbonyl (C=O) groups excluding carboxylic acids is 2. The molecule has 142 valence electrons. The first kappa shape index (κ1) is 17.7. The van der Waals surface area contributed by atoms with E-state index in [1.54, 1.807) is 4.68 Å². The quantitative estimate of drug-likeness (QED) is 0.847. The highest BCUT2D eigenvalue weighted by Crippen LogP contribution is 2.27. The molecule has 7 heteroatoms. The lowest BCUT2D eigenvalue weighted by atomic mass is 10.0. The molecule has 1 aliphatic heterocycles. The van der Waals surface area contributed by atoms with E-state index >= 15 is 0 Å². The minimum absolute atomic E-state index is 0.0353. The van der Waals surface area contributed by atoms with E-state index in [0.717, 1.165) is 29.8 Å². The van der Waals surface area contributed by atoms with Crippen LogP contribution in [0.1, 0.15) is 49.1 Å². The van der Waals surface area contributed by atoms with Crippen molar-refractivity contribution < 1.29 is 9.59 Å². The number of hydrogen-bond acceptors (Lipinski definition) is 4. The Balaban J connectivity index is 1.38. The van der Waals surface area contributed by atoms with Crippen LogP contribution in [0.2, 0.25) is 0 Å². The molecular formula is C20H25N5O2. The molecule has 4 rings (SSSR count). The van der Waals surface area contributed by atoms with E-state index in [4.69, 9.17) is 0 Å². The maximum atomic E-state index is 12.4. The molecule has 1 saturated carbocycles. The number of aromatic nitrogens is 3. The fraction of sp³-hybridized carbons (Fsp3) is 0.500. The normalized spacial score (nSPS) is 17.2. The van der Waals surface area contributed by atoms with Gasteiger partial charge in [0.25, 0.3) is 0 Å². The van der Waals surface area contributed by atoms with E-state index < -0.39 is 0 Å². The Kier molecular flexibility index (Phi) is 5.18. The number of nitrogens with zero attached hydrogens (tertiary/aromatic N) is 4. The van der Waals surface area contributed by atoms with Gasteiger partial charge in [0.1, 0.15) is 12.2 Å². The molecule has 0 unspecified atom stereocenters. The maximum absolute atomic E-state index is 12.4. The lowest BCUT2D eigenvalue weighted by molar-refractivity contribution is -0.135. The Morgan fingerprint density at radius 2 is 1.93 bits per heavy atom. The van der Waals surface area contributed by atoms with E-state index in [-0.39, 0.29) is 18.4 Å². The number of hydrogen-bond donors (Lipinski definition) is 1. The minimum Gasteiger partial charge on any atom is -0.350 e. The Morgan fingerprint density at radius 3 is 2.70 bits per heavy atom. The Labute approximate surface area is 158 Å². The fourth-order valence-electron chi connectivity index (χ4n) is 3.98. The van der Waals surface area contributed by atoms with Crippen LogP contribution in [0.4, 0.5) is 0 Å². The molecule has 2 amide bonds. The lowest BCUT2D eigenvalue weighted by Crippen LogP contribution is -2.39. The van der Waals surface area contributed by atoms with Crippen molar-refractivity contribution in [3.8, 4) is 0 Å². The predicted molar refractivity (Wildman–Crippen MR) is 99.1 cm³/mol. The second-order valence-corrected chi connectivity index (χ2v) is 7.51. The van der Waals surface area contributed by atoms with Gasteiger partial charge in [-0.3, -0.25) is 9.59 Å². The third-order valence-corrected chi connectivity index (χ3v) is 5.51. The molecule has 1 N–H and O–H groups in total. The monoisotopic (exact) mass is 367 g/mol. The molecule has 0 radical (unpaired) electrons. The van der Waals surface area contributed by atoms with Crippen LogP contribution in [0, 0.1) is 5.92 Å². The summed E-state index contributed by atoms with van der Waals surface area (Å²) in [5.74, 6) is 0.641. The summed E-state index contributed by atoms with van der Waals surface area (Å²) in [6, 6.07) is 9.94. The van der Waals surface area contributed by atoms with Crippen molar-refractivity contribution in [2.24, 2.45) is 5.92 Å². The Hall–Kier alpha value is -2.70. The zero-order valence-corrected chi connectivity index (χ0v) is 15.4. The highest BCUT2D eigenvalue weighted by Gasteiger charge is 2.27. The number of carbonyl (C=O) groups is 2. The zero-order valence-electron chi connectivity index (χ0n) is 15.4. The van der Waals surface area contributed by atoms with Gasteiger partial charge in [0.2, 0.25) is 11.8 Å². The average Bonchev–Trinajstić information content (AvgIpc) is 3.31. The van der Waals surface area contributed by atoms with Gasteiger partial charge in [-0.25, -0.2) is 4.68 Å². The predicted octanol–water partition coefficient (Wildman–Crippen LogP) is 2.02. The molecular weight excluding hydrogens is 342 g/mol. The zero-order chi connectivity index (χ0) is 18.6. The minimum atomic E-state index is 0.0353. The smallest absolute Gasteiger partial charge is 0.245 e. The van der Waals surface area contributed by atoms with Crippen LogP contribution in [0.5, 0.6) is 0 Å². The van der Waals surface area contributed by atoms with E-state index in [2.05, 4.69) is 15.6 Å². The van der Waals surface area contributed by atoms with Gasteiger partial charge in [-0.2, -0.15) is 0 Å². The molecule has 2 aromatic rings. The molecule has 0 bridgehead atoms. The highest BCUT2D eigenvalue weighted by molar-refractivity contribution is 5.77. The van der Waals surface area contributed by atoms with Crippen molar-refractivity contribution >= 4 is 11.8 Å².